The number of benzene rings is 1. The molecule has 8 nitrogen and oxygen atoms in total. The van der Waals surface area contributed by atoms with Gasteiger partial charge in [0.15, 0.2) is 0 Å². The molecule has 6 unspecified atom stereocenters. The second kappa shape index (κ2) is 11.0. The zero-order chi connectivity index (χ0) is 24.4. The fourth-order valence-electron chi connectivity index (χ4n) is 5.88. The first-order chi connectivity index (χ1) is 16.9. The number of aliphatic hydroxyl groups is 1. The zero-order valence-electron chi connectivity index (χ0n) is 20.2. The third-order valence-electron chi connectivity index (χ3n) is 7.68. The average Bonchev–Trinajstić information content (AvgIpc) is 3.56. The summed E-state index contributed by atoms with van der Waals surface area (Å²) in [6.45, 7) is 5.48. The molecule has 0 aromatic heterocycles. The number of nitrogens with zero attached hydrogens (tertiary/aromatic N) is 2. The number of likely N-dealkylation sites (tertiary alicyclic amines) is 2. The lowest BCUT2D eigenvalue weighted by molar-refractivity contribution is -0.00899. The van der Waals surface area contributed by atoms with Crippen LogP contribution in [-0.4, -0.2) is 82.2 Å². The number of urea groups is 1. The average molecular weight is 522 g/mol. The number of hydroxylamine groups is 1. The molecule has 1 spiro atoms. The maximum absolute atomic E-state index is 13.3. The Labute approximate surface area is 216 Å². The molecule has 3 aliphatic heterocycles. The minimum atomic E-state index is -0.494. The van der Waals surface area contributed by atoms with E-state index in [0.717, 1.165) is 45.3 Å². The second-order valence-corrected chi connectivity index (χ2v) is 12.1. The molecule has 2 amide bonds. The van der Waals surface area contributed by atoms with Gasteiger partial charge in [-0.2, -0.15) is 0 Å². The van der Waals surface area contributed by atoms with Crippen molar-refractivity contribution < 1.29 is 14.7 Å². The number of alkyl halides is 1. The maximum Gasteiger partial charge on any atom is 0.319 e. The predicted molar refractivity (Wildman–Crippen MR) is 139 cm³/mol. The SMILES string of the molecule is CC(O)N1CCC2(C1)CN(C(=O)NC1NCC(Cl)S1)C1CCC(ONCCc3ccccc3)C=C12. The Balaban J connectivity index is 1.26. The predicted octanol–water partition coefficient (Wildman–Crippen LogP) is 2.45. The minimum Gasteiger partial charge on any atom is -0.379 e. The van der Waals surface area contributed by atoms with Gasteiger partial charge in [-0.1, -0.05) is 36.4 Å². The van der Waals surface area contributed by atoms with Gasteiger partial charge < -0.3 is 15.3 Å². The topological polar surface area (TPSA) is 89.1 Å². The molecule has 35 heavy (non-hydrogen) atoms. The Hall–Kier alpha value is -1.33. The van der Waals surface area contributed by atoms with Gasteiger partial charge in [0.25, 0.3) is 0 Å². The van der Waals surface area contributed by atoms with Crippen molar-refractivity contribution in [2.75, 3.05) is 32.7 Å². The van der Waals surface area contributed by atoms with E-state index >= 15 is 0 Å². The van der Waals surface area contributed by atoms with Crippen LogP contribution < -0.4 is 16.1 Å². The van der Waals surface area contributed by atoms with E-state index in [2.05, 4.69) is 51.4 Å². The molecule has 3 heterocycles. The number of halogens is 1. The number of carbonyl (C=O) groups is 1. The summed E-state index contributed by atoms with van der Waals surface area (Å²) in [5.74, 6) is 0. The smallest absolute Gasteiger partial charge is 0.319 e. The lowest BCUT2D eigenvalue weighted by Gasteiger charge is -2.32. The normalized spacial score (nSPS) is 33.7. The van der Waals surface area contributed by atoms with E-state index in [-0.39, 0.29) is 33.8 Å². The Bertz CT molecular complexity index is 922. The van der Waals surface area contributed by atoms with Crippen LogP contribution in [0.4, 0.5) is 4.79 Å². The largest absolute Gasteiger partial charge is 0.379 e. The highest BCUT2D eigenvalue weighted by Crippen LogP contribution is 2.50. The summed E-state index contributed by atoms with van der Waals surface area (Å²) in [6, 6.07) is 10.4. The summed E-state index contributed by atoms with van der Waals surface area (Å²) in [7, 11) is 0. The number of carbonyl (C=O) groups excluding carboxylic acids is 1. The first-order valence-corrected chi connectivity index (χ1v) is 14.0. The van der Waals surface area contributed by atoms with Gasteiger partial charge in [-0.05, 0) is 43.7 Å². The lowest BCUT2D eigenvalue weighted by Crippen LogP contribution is -2.49. The quantitative estimate of drug-likeness (QED) is 0.190. The molecule has 4 aliphatic rings. The summed E-state index contributed by atoms with van der Waals surface area (Å²) >= 11 is 7.72. The van der Waals surface area contributed by atoms with Crippen LogP contribution in [0.25, 0.3) is 0 Å². The molecule has 4 N–H and O–H groups in total. The Morgan fingerprint density at radius 3 is 2.89 bits per heavy atom. The third-order valence-corrected chi connectivity index (χ3v) is 9.16. The molecule has 1 aliphatic carbocycles. The standard InChI is InChI=1S/C25H36ClN5O3S/c1-17(32)30-12-10-25(15-30)16-31(24(33)29-23-27-14-22(26)35-23)21-8-7-19(13-20(21)25)34-28-11-9-18-5-3-2-4-6-18/h2-6,13,17,19,21-23,27-28,32H,7-12,14-16H2,1H3,(H,29,33). The van der Waals surface area contributed by atoms with Crippen molar-refractivity contribution in [3.8, 4) is 0 Å². The van der Waals surface area contributed by atoms with Crippen molar-refractivity contribution in [1.29, 1.82) is 0 Å². The van der Waals surface area contributed by atoms with Gasteiger partial charge >= 0.3 is 6.03 Å². The first kappa shape index (κ1) is 25.3. The lowest BCUT2D eigenvalue weighted by atomic mass is 9.76. The van der Waals surface area contributed by atoms with Crippen molar-refractivity contribution in [2.24, 2.45) is 5.41 Å². The Kier molecular flexibility index (Phi) is 7.93. The Morgan fingerprint density at radius 2 is 2.17 bits per heavy atom. The fourth-order valence-corrected chi connectivity index (χ4v) is 7.12. The summed E-state index contributed by atoms with van der Waals surface area (Å²) in [5, 5.41) is 16.6. The van der Waals surface area contributed by atoms with Gasteiger partial charge in [-0.25, -0.2) is 10.3 Å². The maximum atomic E-state index is 13.3. The highest BCUT2D eigenvalue weighted by atomic mass is 35.5. The van der Waals surface area contributed by atoms with Crippen molar-refractivity contribution in [2.45, 2.75) is 61.2 Å². The molecule has 0 bridgehead atoms. The van der Waals surface area contributed by atoms with E-state index in [1.54, 1.807) is 0 Å². The van der Waals surface area contributed by atoms with Gasteiger partial charge in [-0.3, -0.25) is 15.1 Å². The van der Waals surface area contributed by atoms with Crippen molar-refractivity contribution >= 4 is 29.4 Å². The monoisotopic (exact) mass is 521 g/mol. The number of amides is 2. The molecular weight excluding hydrogens is 486 g/mol. The number of rotatable bonds is 7. The second-order valence-electron chi connectivity index (χ2n) is 10.0. The molecule has 5 rings (SSSR count). The number of thioether (sulfide) groups is 1. The summed E-state index contributed by atoms with van der Waals surface area (Å²) in [5.41, 5.74) is 5.43. The van der Waals surface area contributed by atoms with Gasteiger partial charge in [0.1, 0.15) is 11.7 Å². The third kappa shape index (κ3) is 5.66. The molecule has 6 atom stereocenters. The van der Waals surface area contributed by atoms with Crippen LogP contribution in [0, 0.1) is 5.41 Å². The van der Waals surface area contributed by atoms with Gasteiger partial charge in [0, 0.05) is 38.1 Å². The molecule has 1 aromatic rings. The highest BCUT2D eigenvalue weighted by molar-refractivity contribution is 8.01. The van der Waals surface area contributed by atoms with Crippen LogP contribution in [0.5, 0.6) is 0 Å². The molecule has 1 aromatic carbocycles. The highest BCUT2D eigenvalue weighted by Gasteiger charge is 2.54. The van der Waals surface area contributed by atoms with Crippen LogP contribution >= 0.6 is 23.4 Å². The molecule has 0 saturated carbocycles. The van der Waals surface area contributed by atoms with E-state index < -0.39 is 6.23 Å². The molecule has 10 heteroatoms. The van der Waals surface area contributed by atoms with Gasteiger partial charge in [0.05, 0.1) is 16.9 Å². The van der Waals surface area contributed by atoms with Crippen molar-refractivity contribution in [3.05, 3.63) is 47.5 Å². The van der Waals surface area contributed by atoms with E-state index in [0.29, 0.717) is 13.1 Å². The van der Waals surface area contributed by atoms with Gasteiger partial charge in [-0.15, -0.1) is 23.4 Å². The van der Waals surface area contributed by atoms with E-state index in [9.17, 15) is 9.90 Å². The number of fused-ring (bicyclic) bond motifs is 2. The summed E-state index contributed by atoms with van der Waals surface area (Å²) < 4.78 is -0.0305. The van der Waals surface area contributed by atoms with Crippen LogP contribution in [-0.2, 0) is 11.3 Å². The Morgan fingerprint density at radius 1 is 1.34 bits per heavy atom. The number of hydrogen-bond acceptors (Lipinski definition) is 7. The van der Waals surface area contributed by atoms with Crippen LogP contribution in [0.15, 0.2) is 42.0 Å². The number of aliphatic hydroxyl groups excluding tert-OH is 1. The minimum absolute atomic E-state index is 0.0263. The molecule has 3 fully saturated rings. The molecule has 0 radical (unpaired) electrons. The first-order valence-electron chi connectivity index (χ1n) is 12.6. The molecule has 192 valence electrons. The van der Waals surface area contributed by atoms with Crippen LogP contribution in [0.1, 0.15) is 31.7 Å². The summed E-state index contributed by atoms with van der Waals surface area (Å²) in [4.78, 5) is 23.5. The summed E-state index contributed by atoms with van der Waals surface area (Å²) in [6.07, 6.45) is 5.28. The van der Waals surface area contributed by atoms with Crippen molar-refractivity contribution in [3.63, 3.8) is 0 Å². The number of nitrogens with one attached hydrogen (secondary N) is 3. The van der Waals surface area contributed by atoms with Crippen molar-refractivity contribution in [1.82, 2.24) is 25.9 Å². The van der Waals surface area contributed by atoms with E-state index in [1.807, 2.05) is 17.9 Å². The van der Waals surface area contributed by atoms with Crippen LogP contribution in [0.3, 0.4) is 0 Å². The van der Waals surface area contributed by atoms with E-state index in [4.69, 9.17) is 16.4 Å². The fraction of sp³-hybridized carbons (Fsp3) is 0.640. The number of hydrogen-bond donors (Lipinski definition) is 4. The van der Waals surface area contributed by atoms with Crippen LogP contribution in [0.2, 0.25) is 0 Å². The van der Waals surface area contributed by atoms with Gasteiger partial charge in [0.2, 0.25) is 0 Å². The molecular formula is C25H36ClN5O3S. The zero-order valence-corrected chi connectivity index (χ0v) is 21.7. The molecule has 3 saturated heterocycles. The van der Waals surface area contributed by atoms with E-state index in [1.165, 1.54) is 22.9 Å².